The number of hydrogen-bond donors (Lipinski definition) is 1. The van der Waals surface area contributed by atoms with Crippen molar-refractivity contribution in [1.82, 2.24) is 14.7 Å². The molecule has 4 nitrogen and oxygen atoms in total. The molecule has 4 heteroatoms. The highest BCUT2D eigenvalue weighted by molar-refractivity contribution is 5.22. The van der Waals surface area contributed by atoms with Crippen LogP contribution in [0.25, 0.3) is 0 Å². The van der Waals surface area contributed by atoms with Crippen LogP contribution in [0, 0.1) is 0 Å². The molecule has 2 heterocycles. The second-order valence-corrected chi connectivity index (χ2v) is 4.94. The molecule has 1 aromatic heterocycles. The fourth-order valence-electron chi connectivity index (χ4n) is 2.58. The third-order valence-corrected chi connectivity index (χ3v) is 3.51. The Labute approximate surface area is 115 Å². The van der Waals surface area contributed by atoms with Gasteiger partial charge in [0.1, 0.15) is 0 Å². The maximum atomic E-state index is 5.77. The van der Waals surface area contributed by atoms with E-state index in [0.717, 1.165) is 32.6 Å². The number of allylic oxidation sites excluding steroid dienone is 2. The van der Waals surface area contributed by atoms with E-state index in [4.69, 9.17) is 5.73 Å². The molecule has 2 rings (SSSR count). The van der Waals surface area contributed by atoms with E-state index in [2.05, 4.69) is 46.8 Å². The monoisotopic (exact) mass is 260 g/mol. The Balaban J connectivity index is 2.06. The van der Waals surface area contributed by atoms with Crippen LogP contribution >= 0.6 is 0 Å². The third kappa shape index (κ3) is 3.33. The van der Waals surface area contributed by atoms with Gasteiger partial charge >= 0.3 is 0 Å². The second kappa shape index (κ2) is 6.68. The lowest BCUT2D eigenvalue weighted by Crippen LogP contribution is -2.35. The predicted octanol–water partition coefficient (Wildman–Crippen LogP) is 2.07. The SMILES string of the molecule is C/C=C\C(=C/CC)CN1CCn2ncc(CN)c2C1. The van der Waals surface area contributed by atoms with Crippen molar-refractivity contribution < 1.29 is 0 Å². The van der Waals surface area contributed by atoms with Crippen LogP contribution < -0.4 is 5.73 Å². The average molecular weight is 260 g/mol. The Bertz CT molecular complexity index is 457. The molecule has 0 spiro atoms. The van der Waals surface area contributed by atoms with Crippen molar-refractivity contribution in [3.05, 3.63) is 41.3 Å². The van der Waals surface area contributed by atoms with Crippen molar-refractivity contribution in [2.24, 2.45) is 5.73 Å². The van der Waals surface area contributed by atoms with Crippen LogP contribution in [0.4, 0.5) is 0 Å². The first-order chi connectivity index (χ1) is 9.28. The topological polar surface area (TPSA) is 47.1 Å². The van der Waals surface area contributed by atoms with Gasteiger partial charge in [0.25, 0.3) is 0 Å². The van der Waals surface area contributed by atoms with Crippen molar-refractivity contribution in [2.45, 2.75) is 39.9 Å². The molecule has 0 radical (unpaired) electrons. The van der Waals surface area contributed by atoms with E-state index in [9.17, 15) is 0 Å². The van der Waals surface area contributed by atoms with Crippen LogP contribution in [-0.4, -0.2) is 27.8 Å². The molecule has 1 aromatic rings. The van der Waals surface area contributed by atoms with Gasteiger partial charge in [-0.1, -0.05) is 25.2 Å². The normalized spacial score (nSPS) is 17.1. The molecular weight excluding hydrogens is 236 g/mol. The van der Waals surface area contributed by atoms with Crippen LogP contribution in [0.3, 0.4) is 0 Å². The van der Waals surface area contributed by atoms with Crippen LogP contribution in [0.5, 0.6) is 0 Å². The summed E-state index contributed by atoms with van der Waals surface area (Å²) in [5, 5.41) is 4.40. The maximum Gasteiger partial charge on any atom is 0.0569 e. The Morgan fingerprint density at radius 2 is 2.32 bits per heavy atom. The number of rotatable bonds is 5. The minimum atomic E-state index is 0.579. The molecule has 0 saturated heterocycles. The molecule has 104 valence electrons. The predicted molar refractivity (Wildman–Crippen MR) is 78.6 cm³/mol. The first kappa shape index (κ1) is 14.0. The summed E-state index contributed by atoms with van der Waals surface area (Å²) >= 11 is 0. The number of nitrogens with zero attached hydrogens (tertiary/aromatic N) is 3. The van der Waals surface area contributed by atoms with Gasteiger partial charge in [-0.2, -0.15) is 5.10 Å². The van der Waals surface area contributed by atoms with Gasteiger partial charge in [0.2, 0.25) is 0 Å². The van der Waals surface area contributed by atoms with Crippen molar-refractivity contribution in [3.63, 3.8) is 0 Å². The van der Waals surface area contributed by atoms with Gasteiger partial charge in [-0.25, -0.2) is 0 Å². The fraction of sp³-hybridized carbons (Fsp3) is 0.533. The zero-order valence-electron chi connectivity index (χ0n) is 12.0. The Morgan fingerprint density at radius 3 is 3.00 bits per heavy atom. The first-order valence-electron chi connectivity index (χ1n) is 7.06. The van der Waals surface area contributed by atoms with Crippen LogP contribution in [0.15, 0.2) is 30.0 Å². The zero-order valence-corrected chi connectivity index (χ0v) is 12.0. The second-order valence-electron chi connectivity index (χ2n) is 4.94. The molecule has 19 heavy (non-hydrogen) atoms. The molecule has 0 unspecified atom stereocenters. The molecule has 0 amide bonds. The average Bonchev–Trinajstić information content (AvgIpc) is 2.81. The molecular formula is C15H24N4. The van der Waals surface area contributed by atoms with Crippen LogP contribution in [0.1, 0.15) is 31.5 Å². The molecule has 0 atom stereocenters. The highest BCUT2D eigenvalue weighted by Gasteiger charge is 2.19. The summed E-state index contributed by atoms with van der Waals surface area (Å²) in [6.07, 6.45) is 9.61. The van der Waals surface area contributed by atoms with Gasteiger partial charge in [0, 0.05) is 31.7 Å². The highest BCUT2D eigenvalue weighted by atomic mass is 15.3. The minimum absolute atomic E-state index is 0.579. The molecule has 0 fully saturated rings. The summed E-state index contributed by atoms with van der Waals surface area (Å²) in [6.45, 7) is 8.80. The third-order valence-electron chi connectivity index (χ3n) is 3.51. The standard InChI is InChI=1S/C15H24N4/c1-3-5-13(6-4-2)11-18-7-8-19-15(12-18)14(9-16)10-17-19/h3,5-6,10H,4,7-9,11-12,16H2,1-2H3/b5-3-,13-6+. The Morgan fingerprint density at radius 1 is 1.47 bits per heavy atom. The summed E-state index contributed by atoms with van der Waals surface area (Å²) in [5.74, 6) is 0. The van der Waals surface area contributed by atoms with Gasteiger partial charge in [0.15, 0.2) is 0 Å². The van der Waals surface area contributed by atoms with E-state index in [1.165, 1.54) is 16.8 Å². The fourth-order valence-corrected chi connectivity index (χ4v) is 2.58. The van der Waals surface area contributed by atoms with E-state index in [0.29, 0.717) is 6.54 Å². The van der Waals surface area contributed by atoms with Gasteiger partial charge < -0.3 is 5.73 Å². The maximum absolute atomic E-state index is 5.77. The quantitative estimate of drug-likeness (QED) is 0.824. The number of nitrogens with two attached hydrogens (primary N) is 1. The summed E-state index contributed by atoms with van der Waals surface area (Å²) in [5.41, 5.74) is 9.62. The number of hydrogen-bond acceptors (Lipinski definition) is 3. The van der Waals surface area contributed by atoms with Crippen molar-refractivity contribution >= 4 is 0 Å². The van der Waals surface area contributed by atoms with E-state index >= 15 is 0 Å². The lowest BCUT2D eigenvalue weighted by Gasteiger charge is -2.28. The summed E-state index contributed by atoms with van der Waals surface area (Å²) in [4.78, 5) is 2.47. The molecule has 0 saturated carbocycles. The van der Waals surface area contributed by atoms with Crippen LogP contribution in [-0.2, 0) is 19.6 Å². The van der Waals surface area contributed by atoms with Crippen molar-refractivity contribution in [2.75, 3.05) is 13.1 Å². The lowest BCUT2D eigenvalue weighted by molar-refractivity contribution is 0.230. The smallest absolute Gasteiger partial charge is 0.0569 e. The van der Waals surface area contributed by atoms with Crippen molar-refractivity contribution in [3.8, 4) is 0 Å². The van der Waals surface area contributed by atoms with E-state index in [1.807, 2.05) is 6.20 Å². The summed E-state index contributed by atoms with van der Waals surface area (Å²) in [7, 11) is 0. The first-order valence-corrected chi connectivity index (χ1v) is 7.06. The molecule has 1 aliphatic rings. The Kier molecular flexibility index (Phi) is 4.93. The Hall–Kier alpha value is -1.39. The van der Waals surface area contributed by atoms with Crippen LogP contribution in [0.2, 0.25) is 0 Å². The molecule has 0 aliphatic carbocycles. The lowest BCUT2D eigenvalue weighted by atomic mass is 10.1. The number of aromatic nitrogens is 2. The molecule has 2 N–H and O–H groups in total. The molecule has 0 aromatic carbocycles. The van der Waals surface area contributed by atoms with Gasteiger partial charge in [-0.3, -0.25) is 9.58 Å². The number of fused-ring (bicyclic) bond motifs is 1. The highest BCUT2D eigenvalue weighted by Crippen LogP contribution is 2.17. The van der Waals surface area contributed by atoms with E-state index in [-0.39, 0.29) is 0 Å². The van der Waals surface area contributed by atoms with E-state index in [1.54, 1.807) is 0 Å². The van der Waals surface area contributed by atoms with Gasteiger partial charge in [0.05, 0.1) is 18.4 Å². The van der Waals surface area contributed by atoms with Gasteiger partial charge in [-0.15, -0.1) is 0 Å². The van der Waals surface area contributed by atoms with Crippen molar-refractivity contribution in [1.29, 1.82) is 0 Å². The zero-order chi connectivity index (χ0) is 13.7. The summed E-state index contributed by atoms with van der Waals surface area (Å²) < 4.78 is 2.09. The van der Waals surface area contributed by atoms with Gasteiger partial charge in [-0.05, 0) is 18.9 Å². The molecule has 0 bridgehead atoms. The minimum Gasteiger partial charge on any atom is -0.326 e. The largest absolute Gasteiger partial charge is 0.326 e. The molecule has 1 aliphatic heterocycles. The summed E-state index contributed by atoms with van der Waals surface area (Å²) in [6, 6.07) is 0. The van der Waals surface area contributed by atoms with E-state index < -0.39 is 0 Å².